The molecular formula is C25H44O4. The summed E-state index contributed by atoms with van der Waals surface area (Å²) in [5.74, 6) is -0.123. The largest absolute Gasteiger partial charge is 0.457 e. The second-order valence-corrected chi connectivity index (χ2v) is 7.98. The van der Waals surface area contributed by atoms with Gasteiger partial charge in [-0.25, -0.2) is 0 Å². The van der Waals surface area contributed by atoms with Crippen molar-refractivity contribution in [3.05, 3.63) is 24.3 Å². The van der Waals surface area contributed by atoms with Gasteiger partial charge in [-0.1, -0.05) is 76.7 Å². The van der Waals surface area contributed by atoms with Crippen LogP contribution in [0.2, 0.25) is 0 Å². The molecule has 0 N–H and O–H groups in total. The van der Waals surface area contributed by atoms with Gasteiger partial charge in [0.2, 0.25) is 0 Å². The van der Waals surface area contributed by atoms with Crippen LogP contribution in [0.4, 0.5) is 0 Å². The molecule has 0 amide bonds. The summed E-state index contributed by atoms with van der Waals surface area (Å²) in [5, 5.41) is 0. The molecule has 0 spiro atoms. The minimum Gasteiger partial charge on any atom is -0.457 e. The fourth-order valence-electron chi connectivity index (χ4n) is 3.32. The monoisotopic (exact) mass is 408 g/mol. The molecule has 0 unspecified atom stereocenters. The van der Waals surface area contributed by atoms with E-state index in [1.165, 1.54) is 44.9 Å². The fourth-order valence-corrected chi connectivity index (χ4v) is 3.32. The van der Waals surface area contributed by atoms with Crippen LogP contribution in [0.15, 0.2) is 24.3 Å². The highest BCUT2D eigenvalue weighted by Crippen LogP contribution is 2.14. The highest BCUT2D eigenvalue weighted by molar-refractivity contribution is 5.69. The Hall–Kier alpha value is -1.13. The molecule has 0 bridgehead atoms. The van der Waals surface area contributed by atoms with Crippen molar-refractivity contribution in [1.29, 1.82) is 0 Å². The van der Waals surface area contributed by atoms with Crippen LogP contribution in [-0.2, 0) is 19.0 Å². The van der Waals surface area contributed by atoms with Crippen molar-refractivity contribution < 1.29 is 19.0 Å². The van der Waals surface area contributed by atoms with Crippen molar-refractivity contribution in [3.8, 4) is 0 Å². The van der Waals surface area contributed by atoms with Crippen molar-refractivity contribution in [2.24, 2.45) is 0 Å². The van der Waals surface area contributed by atoms with Crippen LogP contribution in [-0.4, -0.2) is 31.6 Å². The molecule has 0 aliphatic carbocycles. The molecule has 1 aliphatic rings. The molecule has 1 rings (SSSR count). The zero-order valence-electron chi connectivity index (χ0n) is 18.9. The van der Waals surface area contributed by atoms with E-state index in [0.29, 0.717) is 19.6 Å². The Balaban J connectivity index is 1.87. The molecule has 29 heavy (non-hydrogen) atoms. The number of allylic oxidation sites excluding steroid dienone is 4. The van der Waals surface area contributed by atoms with Gasteiger partial charge < -0.3 is 14.2 Å². The molecule has 1 heterocycles. The van der Waals surface area contributed by atoms with E-state index in [0.717, 1.165) is 38.5 Å². The minimum atomic E-state index is -0.242. The molecule has 4 nitrogen and oxygen atoms in total. The van der Waals surface area contributed by atoms with E-state index in [1.807, 2.05) is 0 Å². The van der Waals surface area contributed by atoms with Crippen molar-refractivity contribution >= 4 is 5.97 Å². The van der Waals surface area contributed by atoms with Gasteiger partial charge in [-0.2, -0.15) is 0 Å². The standard InChI is InChI=1S/C25H44O4/c1-3-5-6-7-8-9-10-11-12-13-14-15-16-17-18-20-24(26)29-23-21-27-25(19-4-2)28-22-23/h8-9,11-12,23,25H,3-7,10,13-22H2,1-2H3. The summed E-state index contributed by atoms with van der Waals surface area (Å²) >= 11 is 0. The van der Waals surface area contributed by atoms with Gasteiger partial charge in [0.15, 0.2) is 6.29 Å². The first-order valence-electron chi connectivity index (χ1n) is 12.0. The number of esters is 1. The first-order valence-corrected chi connectivity index (χ1v) is 12.0. The number of ether oxygens (including phenoxy) is 3. The topological polar surface area (TPSA) is 44.8 Å². The third kappa shape index (κ3) is 15.4. The maximum absolute atomic E-state index is 11.9. The molecule has 0 atom stereocenters. The van der Waals surface area contributed by atoms with Gasteiger partial charge in [0.25, 0.3) is 0 Å². The van der Waals surface area contributed by atoms with Crippen LogP contribution in [0.25, 0.3) is 0 Å². The van der Waals surface area contributed by atoms with E-state index >= 15 is 0 Å². The number of rotatable bonds is 17. The zero-order valence-corrected chi connectivity index (χ0v) is 18.9. The average Bonchev–Trinajstić information content (AvgIpc) is 2.72. The first kappa shape index (κ1) is 25.9. The Morgan fingerprint density at radius 2 is 1.45 bits per heavy atom. The van der Waals surface area contributed by atoms with Gasteiger partial charge in [-0.15, -0.1) is 0 Å². The van der Waals surface area contributed by atoms with Crippen molar-refractivity contribution in [1.82, 2.24) is 0 Å². The van der Waals surface area contributed by atoms with Crippen LogP contribution < -0.4 is 0 Å². The maximum Gasteiger partial charge on any atom is 0.306 e. The van der Waals surface area contributed by atoms with E-state index in [9.17, 15) is 4.79 Å². The molecule has 168 valence electrons. The van der Waals surface area contributed by atoms with Gasteiger partial charge in [-0.05, 0) is 44.9 Å². The minimum absolute atomic E-state index is 0.123. The molecule has 1 saturated heterocycles. The molecule has 0 aromatic rings. The van der Waals surface area contributed by atoms with Gasteiger partial charge >= 0.3 is 5.97 Å². The lowest BCUT2D eigenvalue weighted by molar-refractivity contribution is -0.227. The van der Waals surface area contributed by atoms with Gasteiger partial charge in [0.1, 0.15) is 6.10 Å². The second-order valence-electron chi connectivity index (χ2n) is 7.98. The Labute approximate surface area is 179 Å². The van der Waals surface area contributed by atoms with Crippen molar-refractivity contribution in [3.63, 3.8) is 0 Å². The molecule has 0 saturated carbocycles. The number of carbonyl (C=O) groups is 1. The average molecular weight is 409 g/mol. The highest BCUT2D eigenvalue weighted by atomic mass is 16.7. The predicted octanol–water partition coefficient (Wildman–Crippen LogP) is 6.88. The third-order valence-electron chi connectivity index (χ3n) is 5.09. The van der Waals surface area contributed by atoms with Crippen molar-refractivity contribution in [2.75, 3.05) is 13.2 Å². The molecule has 1 aliphatic heterocycles. The van der Waals surface area contributed by atoms with Crippen LogP contribution in [0.1, 0.15) is 104 Å². The summed E-state index contributed by atoms with van der Waals surface area (Å²) < 4.78 is 16.5. The predicted molar refractivity (Wildman–Crippen MR) is 120 cm³/mol. The van der Waals surface area contributed by atoms with Crippen LogP contribution in [0.5, 0.6) is 0 Å². The molecule has 0 aromatic heterocycles. The van der Waals surface area contributed by atoms with Gasteiger partial charge in [0.05, 0.1) is 13.2 Å². The lowest BCUT2D eigenvalue weighted by Crippen LogP contribution is -2.38. The van der Waals surface area contributed by atoms with Gasteiger partial charge in [-0.3, -0.25) is 4.79 Å². The first-order chi connectivity index (χ1) is 14.3. The Morgan fingerprint density at radius 3 is 2.10 bits per heavy atom. The quantitative estimate of drug-likeness (QED) is 0.149. The second kappa shape index (κ2) is 18.9. The van der Waals surface area contributed by atoms with Crippen LogP contribution >= 0.6 is 0 Å². The van der Waals surface area contributed by atoms with Crippen LogP contribution in [0.3, 0.4) is 0 Å². The lowest BCUT2D eigenvalue weighted by Gasteiger charge is -2.28. The Morgan fingerprint density at radius 1 is 0.828 bits per heavy atom. The lowest BCUT2D eigenvalue weighted by atomic mass is 10.1. The van der Waals surface area contributed by atoms with E-state index in [-0.39, 0.29) is 18.4 Å². The summed E-state index contributed by atoms with van der Waals surface area (Å²) in [6.45, 7) is 5.26. The van der Waals surface area contributed by atoms with Crippen molar-refractivity contribution in [2.45, 2.75) is 116 Å². The number of hydrogen-bond acceptors (Lipinski definition) is 4. The molecule has 1 fully saturated rings. The van der Waals surface area contributed by atoms with E-state index in [2.05, 4.69) is 38.2 Å². The van der Waals surface area contributed by atoms with E-state index < -0.39 is 0 Å². The molecular weight excluding hydrogens is 364 g/mol. The zero-order chi connectivity index (χ0) is 21.0. The molecule has 4 heteroatoms. The van der Waals surface area contributed by atoms with E-state index in [4.69, 9.17) is 14.2 Å². The SMILES string of the molecule is CCCCCC=CCC=CCCCCCCCC(=O)OC1COC(CCC)OC1. The summed E-state index contributed by atoms with van der Waals surface area (Å²) in [6, 6.07) is 0. The number of hydrogen-bond donors (Lipinski definition) is 0. The summed E-state index contributed by atoms with van der Waals surface area (Å²) in [7, 11) is 0. The maximum atomic E-state index is 11.9. The number of unbranched alkanes of at least 4 members (excludes halogenated alkanes) is 8. The third-order valence-corrected chi connectivity index (χ3v) is 5.09. The van der Waals surface area contributed by atoms with E-state index in [1.54, 1.807) is 0 Å². The van der Waals surface area contributed by atoms with Gasteiger partial charge in [0, 0.05) is 6.42 Å². The highest BCUT2D eigenvalue weighted by Gasteiger charge is 2.24. The Kier molecular flexibility index (Phi) is 16.9. The normalized spacial score (nSPS) is 19.9. The fraction of sp³-hybridized carbons (Fsp3) is 0.800. The summed E-state index contributed by atoms with van der Waals surface area (Å²) in [5.41, 5.74) is 0. The van der Waals surface area contributed by atoms with Crippen LogP contribution in [0, 0.1) is 0 Å². The molecule has 0 radical (unpaired) electrons. The Bertz CT molecular complexity index is 436. The number of carbonyl (C=O) groups excluding carboxylic acids is 1. The molecule has 0 aromatic carbocycles. The summed E-state index contributed by atoms with van der Waals surface area (Å²) in [4.78, 5) is 11.9. The summed E-state index contributed by atoms with van der Waals surface area (Å²) in [6.07, 6.45) is 24.3. The smallest absolute Gasteiger partial charge is 0.306 e.